The normalized spacial score (nSPS) is 17.9. The van der Waals surface area contributed by atoms with Crippen LogP contribution in [0.3, 0.4) is 0 Å². The summed E-state index contributed by atoms with van der Waals surface area (Å²) in [5.41, 5.74) is 0.871. The van der Waals surface area contributed by atoms with Crippen LogP contribution in [0.25, 0.3) is 0 Å². The number of aryl methyl sites for hydroxylation is 1. The Bertz CT molecular complexity index is 871. The van der Waals surface area contributed by atoms with Crippen molar-refractivity contribution < 1.29 is 17.9 Å². The predicted octanol–water partition coefficient (Wildman–Crippen LogP) is 3.52. The Morgan fingerprint density at radius 2 is 2.11 bits per heavy atom. The maximum Gasteiger partial charge on any atom is 0.265 e. The molecule has 1 saturated heterocycles. The number of rotatable bonds is 7. The number of sulfonamides is 1. The molecular weight excluding hydrogens is 366 g/mol. The molecule has 7 nitrogen and oxygen atoms in total. The summed E-state index contributed by atoms with van der Waals surface area (Å²) in [4.78, 5) is 0.168. The molecule has 2 aromatic rings. The summed E-state index contributed by atoms with van der Waals surface area (Å²) >= 11 is 0. The fraction of sp³-hybridized carbons (Fsp3) is 0.526. The zero-order valence-corrected chi connectivity index (χ0v) is 16.8. The number of benzene rings is 1. The second kappa shape index (κ2) is 8.31. The first-order valence-corrected chi connectivity index (χ1v) is 10.8. The summed E-state index contributed by atoms with van der Waals surface area (Å²) in [5.74, 6) is 0.490. The van der Waals surface area contributed by atoms with E-state index in [0.717, 1.165) is 25.9 Å². The minimum atomic E-state index is -3.77. The highest BCUT2D eigenvalue weighted by atomic mass is 32.2. The number of nitrogens with zero attached hydrogens (tertiary/aromatic N) is 2. The third kappa shape index (κ3) is 4.81. The molecule has 1 aromatic carbocycles. The standard InChI is InChI=1S/C19H27N3O4S/c1-14(2)22-12-19(15(3)20-22)27(23,24)21-17-9-4-5-10-18(17)26-13-16-8-6-7-11-25-16/h4-5,9-10,12,14,16,21H,6-8,11,13H2,1-3H3/t16-/m1/s1. The number of para-hydroxylation sites is 2. The van der Waals surface area contributed by atoms with Crippen molar-refractivity contribution in [2.24, 2.45) is 0 Å². The van der Waals surface area contributed by atoms with Crippen LogP contribution in [0, 0.1) is 6.92 Å². The van der Waals surface area contributed by atoms with Gasteiger partial charge in [-0.05, 0) is 52.2 Å². The fourth-order valence-corrected chi connectivity index (χ4v) is 4.24. The molecule has 1 aliphatic heterocycles. The van der Waals surface area contributed by atoms with Gasteiger partial charge in [0.1, 0.15) is 17.3 Å². The van der Waals surface area contributed by atoms with E-state index in [9.17, 15) is 8.42 Å². The molecule has 1 aromatic heterocycles. The van der Waals surface area contributed by atoms with Crippen molar-refractivity contribution in [1.82, 2.24) is 9.78 Å². The maximum absolute atomic E-state index is 12.9. The Hall–Kier alpha value is -2.06. The van der Waals surface area contributed by atoms with Crippen LogP contribution in [0.2, 0.25) is 0 Å². The highest BCUT2D eigenvalue weighted by molar-refractivity contribution is 7.92. The third-order valence-corrected chi connectivity index (χ3v) is 5.99. The molecule has 1 aliphatic rings. The van der Waals surface area contributed by atoms with Crippen molar-refractivity contribution in [1.29, 1.82) is 0 Å². The van der Waals surface area contributed by atoms with Gasteiger partial charge >= 0.3 is 0 Å². The first kappa shape index (κ1) is 19.7. The molecule has 0 radical (unpaired) electrons. The molecule has 0 bridgehead atoms. The SMILES string of the molecule is Cc1nn(C(C)C)cc1S(=O)(=O)Nc1ccccc1OC[C@H]1CCCCO1. The van der Waals surface area contributed by atoms with E-state index in [1.165, 1.54) is 0 Å². The topological polar surface area (TPSA) is 82.5 Å². The van der Waals surface area contributed by atoms with Gasteiger partial charge in [0.25, 0.3) is 10.0 Å². The highest BCUT2D eigenvalue weighted by Gasteiger charge is 2.23. The van der Waals surface area contributed by atoms with E-state index in [1.807, 2.05) is 19.9 Å². The molecule has 0 spiro atoms. The lowest BCUT2D eigenvalue weighted by molar-refractivity contribution is -0.0109. The van der Waals surface area contributed by atoms with Crippen molar-refractivity contribution in [2.75, 3.05) is 17.9 Å². The molecule has 1 atom stereocenters. The minimum absolute atomic E-state index is 0.0509. The predicted molar refractivity (Wildman–Crippen MR) is 104 cm³/mol. The van der Waals surface area contributed by atoms with Crippen LogP contribution in [0.4, 0.5) is 5.69 Å². The lowest BCUT2D eigenvalue weighted by Crippen LogP contribution is -2.26. The van der Waals surface area contributed by atoms with E-state index < -0.39 is 10.0 Å². The minimum Gasteiger partial charge on any atom is -0.489 e. The van der Waals surface area contributed by atoms with E-state index in [4.69, 9.17) is 9.47 Å². The van der Waals surface area contributed by atoms with Gasteiger partial charge in [-0.15, -0.1) is 0 Å². The maximum atomic E-state index is 12.9. The Kier molecular flexibility index (Phi) is 6.06. The highest BCUT2D eigenvalue weighted by Crippen LogP contribution is 2.28. The molecule has 1 N–H and O–H groups in total. The van der Waals surface area contributed by atoms with E-state index >= 15 is 0 Å². The zero-order chi connectivity index (χ0) is 19.4. The van der Waals surface area contributed by atoms with Gasteiger partial charge in [-0.3, -0.25) is 9.40 Å². The molecule has 0 unspecified atom stereocenters. The lowest BCUT2D eigenvalue weighted by atomic mass is 10.1. The molecule has 148 valence electrons. The Morgan fingerprint density at radius 1 is 1.33 bits per heavy atom. The van der Waals surface area contributed by atoms with Gasteiger partial charge in [0.15, 0.2) is 0 Å². The fourth-order valence-electron chi connectivity index (χ4n) is 2.99. The van der Waals surface area contributed by atoms with E-state index in [1.54, 1.807) is 36.0 Å². The van der Waals surface area contributed by atoms with Gasteiger partial charge in [-0.1, -0.05) is 12.1 Å². The first-order chi connectivity index (χ1) is 12.9. The van der Waals surface area contributed by atoms with Crippen molar-refractivity contribution in [2.45, 2.75) is 57.1 Å². The summed E-state index contributed by atoms with van der Waals surface area (Å²) in [7, 11) is -3.77. The van der Waals surface area contributed by atoms with Crippen LogP contribution in [0.15, 0.2) is 35.4 Å². The first-order valence-electron chi connectivity index (χ1n) is 9.29. The van der Waals surface area contributed by atoms with Crippen LogP contribution in [0.1, 0.15) is 44.8 Å². The number of nitrogens with one attached hydrogen (secondary N) is 1. The zero-order valence-electron chi connectivity index (χ0n) is 16.0. The van der Waals surface area contributed by atoms with E-state index in [0.29, 0.717) is 23.7 Å². The van der Waals surface area contributed by atoms with Crippen LogP contribution in [-0.4, -0.2) is 37.5 Å². The molecule has 0 aliphatic carbocycles. The molecule has 0 saturated carbocycles. The molecule has 2 heterocycles. The number of aromatic nitrogens is 2. The largest absolute Gasteiger partial charge is 0.489 e. The molecule has 27 heavy (non-hydrogen) atoms. The number of anilines is 1. The van der Waals surface area contributed by atoms with Gasteiger partial charge in [0.05, 0.1) is 17.5 Å². The second-order valence-corrected chi connectivity index (χ2v) is 8.70. The molecule has 1 fully saturated rings. The quantitative estimate of drug-likeness (QED) is 0.778. The lowest BCUT2D eigenvalue weighted by Gasteiger charge is -2.23. The van der Waals surface area contributed by atoms with Gasteiger partial charge in [-0.2, -0.15) is 5.10 Å². The monoisotopic (exact) mass is 393 g/mol. The van der Waals surface area contributed by atoms with Gasteiger partial charge in [0.2, 0.25) is 0 Å². The van der Waals surface area contributed by atoms with Crippen molar-refractivity contribution in [3.05, 3.63) is 36.2 Å². The van der Waals surface area contributed by atoms with Gasteiger partial charge in [0, 0.05) is 18.8 Å². The average Bonchev–Trinajstić information content (AvgIpc) is 3.05. The number of hydrogen-bond acceptors (Lipinski definition) is 5. The van der Waals surface area contributed by atoms with Gasteiger partial charge < -0.3 is 9.47 Å². The van der Waals surface area contributed by atoms with Crippen molar-refractivity contribution in [3.63, 3.8) is 0 Å². The van der Waals surface area contributed by atoms with Crippen LogP contribution < -0.4 is 9.46 Å². The third-order valence-electron chi connectivity index (χ3n) is 4.52. The molecule has 8 heteroatoms. The summed E-state index contributed by atoms with van der Waals surface area (Å²) in [6.45, 7) is 6.75. The van der Waals surface area contributed by atoms with E-state index in [-0.39, 0.29) is 17.0 Å². The Balaban J connectivity index is 1.76. The van der Waals surface area contributed by atoms with E-state index in [2.05, 4.69) is 9.82 Å². The summed E-state index contributed by atoms with van der Waals surface area (Å²) in [5, 5.41) is 4.29. The van der Waals surface area contributed by atoms with Crippen LogP contribution >= 0.6 is 0 Å². The molecule has 0 amide bonds. The van der Waals surface area contributed by atoms with Crippen LogP contribution in [0.5, 0.6) is 5.75 Å². The Morgan fingerprint density at radius 3 is 2.78 bits per heavy atom. The van der Waals surface area contributed by atoms with Crippen molar-refractivity contribution in [3.8, 4) is 5.75 Å². The van der Waals surface area contributed by atoms with Gasteiger partial charge in [-0.25, -0.2) is 8.42 Å². The Labute approximate surface area is 160 Å². The van der Waals surface area contributed by atoms with Crippen LogP contribution in [-0.2, 0) is 14.8 Å². The van der Waals surface area contributed by atoms with Crippen molar-refractivity contribution >= 4 is 15.7 Å². The smallest absolute Gasteiger partial charge is 0.265 e. The average molecular weight is 394 g/mol. The molecular formula is C19H27N3O4S. The second-order valence-electron chi connectivity index (χ2n) is 7.05. The summed E-state index contributed by atoms with van der Waals surface area (Å²) in [6.07, 6.45) is 4.77. The summed E-state index contributed by atoms with van der Waals surface area (Å²) < 4.78 is 41.6. The summed E-state index contributed by atoms with van der Waals surface area (Å²) in [6, 6.07) is 7.11. The number of ether oxygens (including phenoxy) is 2. The molecule has 3 rings (SSSR count). The number of hydrogen-bond donors (Lipinski definition) is 1.